The molecule has 1 aromatic carbocycles. The number of aryl methyl sites for hydroxylation is 3. The van der Waals surface area contributed by atoms with Crippen molar-refractivity contribution in [1.82, 2.24) is 24.9 Å². The summed E-state index contributed by atoms with van der Waals surface area (Å²) in [6.45, 7) is 8.31. The molecule has 0 aliphatic carbocycles. The van der Waals surface area contributed by atoms with Crippen LogP contribution < -0.4 is 0 Å². The van der Waals surface area contributed by atoms with E-state index < -0.39 is 0 Å². The summed E-state index contributed by atoms with van der Waals surface area (Å²) in [5, 5.41) is 12.3. The Morgan fingerprint density at radius 3 is 2.74 bits per heavy atom. The lowest BCUT2D eigenvalue weighted by Gasteiger charge is -2.26. The van der Waals surface area contributed by atoms with Crippen LogP contribution in [0.3, 0.4) is 0 Å². The van der Waals surface area contributed by atoms with E-state index in [2.05, 4.69) is 81.2 Å². The lowest BCUT2D eigenvalue weighted by Crippen LogP contribution is -2.32. The van der Waals surface area contributed by atoms with Crippen LogP contribution in [0.15, 0.2) is 36.4 Å². The molecule has 1 aliphatic rings. The third kappa shape index (κ3) is 4.19. The van der Waals surface area contributed by atoms with Crippen molar-refractivity contribution < 1.29 is 0 Å². The van der Waals surface area contributed by atoms with Crippen molar-refractivity contribution in [3.8, 4) is 0 Å². The number of rotatable bonds is 6. The number of fused-ring (bicyclic) bond motifs is 1. The van der Waals surface area contributed by atoms with Gasteiger partial charge in [-0.3, -0.25) is 14.7 Å². The van der Waals surface area contributed by atoms with Gasteiger partial charge in [0.05, 0.1) is 11.4 Å². The highest BCUT2D eigenvalue weighted by molar-refractivity contribution is 5.69. The van der Waals surface area contributed by atoms with Gasteiger partial charge in [0, 0.05) is 49.6 Å². The van der Waals surface area contributed by atoms with E-state index >= 15 is 0 Å². The molecule has 0 bridgehead atoms. The quantitative estimate of drug-likeness (QED) is 0.726. The van der Waals surface area contributed by atoms with Crippen molar-refractivity contribution in [2.75, 3.05) is 13.1 Å². The van der Waals surface area contributed by atoms with Crippen LogP contribution in [0.4, 0.5) is 0 Å². The van der Waals surface area contributed by atoms with Crippen molar-refractivity contribution >= 4 is 12.2 Å². The van der Waals surface area contributed by atoms with Gasteiger partial charge >= 0.3 is 0 Å². The van der Waals surface area contributed by atoms with Gasteiger partial charge in [-0.2, -0.15) is 10.2 Å². The largest absolute Gasteiger partial charge is 0.298 e. The number of nitrogens with one attached hydrogen (secondary N) is 1. The molecule has 2 aromatic heterocycles. The molecule has 0 fully saturated rings. The van der Waals surface area contributed by atoms with Gasteiger partial charge in [0.15, 0.2) is 0 Å². The van der Waals surface area contributed by atoms with Crippen LogP contribution in [0.25, 0.3) is 12.2 Å². The summed E-state index contributed by atoms with van der Waals surface area (Å²) < 4.78 is 2.12. The molecule has 5 heteroatoms. The fourth-order valence-electron chi connectivity index (χ4n) is 3.79. The second-order valence-corrected chi connectivity index (χ2v) is 7.34. The fraction of sp³-hybridized carbons (Fsp3) is 0.364. The van der Waals surface area contributed by atoms with Crippen LogP contribution in [0.2, 0.25) is 0 Å². The van der Waals surface area contributed by atoms with Gasteiger partial charge in [0.25, 0.3) is 0 Å². The van der Waals surface area contributed by atoms with E-state index in [4.69, 9.17) is 0 Å². The first-order valence-corrected chi connectivity index (χ1v) is 9.72. The number of benzene rings is 1. The van der Waals surface area contributed by atoms with Crippen molar-refractivity contribution in [1.29, 1.82) is 0 Å². The molecule has 0 amide bonds. The van der Waals surface area contributed by atoms with Gasteiger partial charge in [-0.1, -0.05) is 36.4 Å². The van der Waals surface area contributed by atoms with E-state index in [-0.39, 0.29) is 0 Å². The smallest absolute Gasteiger partial charge is 0.0896 e. The molecule has 0 spiro atoms. The number of aromatic nitrogens is 4. The molecule has 5 nitrogen and oxygen atoms in total. The molecule has 3 heterocycles. The first-order chi connectivity index (χ1) is 13.2. The topological polar surface area (TPSA) is 49.7 Å². The Labute approximate surface area is 160 Å². The molecule has 0 atom stereocenters. The first kappa shape index (κ1) is 17.7. The van der Waals surface area contributed by atoms with Gasteiger partial charge in [0.2, 0.25) is 0 Å². The van der Waals surface area contributed by atoms with Gasteiger partial charge < -0.3 is 0 Å². The summed E-state index contributed by atoms with van der Waals surface area (Å²) in [5.41, 5.74) is 7.25. The van der Waals surface area contributed by atoms with Crippen LogP contribution >= 0.6 is 0 Å². The average molecular weight is 361 g/mol. The highest BCUT2D eigenvalue weighted by atomic mass is 15.3. The monoisotopic (exact) mass is 361 g/mol. The summed E-state index contributed by atoms with van der Waals surface area (Å²) in [4.78, 5) is 2.53. The summed E-state index contributed by atoms with van der Waals surface area (Å²) in [6.07, 6.45) is 6.42. The minimum absolute atomic E-state index is 0.970. The third-order valence-corrected chi connectivity index (χ3v) is 5.23. The molecule has 27 heavy (non-hydrogen) atoms. The normalized spacial score (nSPS) is 14.7. The van der Waals surface area contributed by atoms with Gasteiger partial charge in [-0.05, 0) is 38.0 Å². The standard InChI is InChI=1S/C22H27N5/c1-17-15-18(2)27(25-17)13-6-12-26-14-11-22-20(16-26)21(23-24-22)10-9-19-7-4-3-5-8-19/h3-5,7-10,15H,6,11-14,16H2,1-2H3,(H,23,24)/b10-9+. The maximum atomic E-state index is 4.56. The van der Waals surface area contributed by atoms with E-state index in [1.165, 1.54) is 22.5 Å². The molecular formula is C22H27N5. The molecule has 0 unspecified atom stereocenters. The number of aromatic amines is 1. The SMILES string of the molecule is Cc1cc(C)n(CCCN2CCc3[nH]nc(/C=C/c4ccccc4)c3C2)n1. The van der Waals surface area contributed by atoms with Crippen LogP contribution in [0, 0.1) is 13.8 Å². The van der Waals surface area contributed by atoms with Crippen LogP contribution in [0.1, 0.15) is 40.3 Å². The van der Waals surface area contributed by atoms with E-state index in [0.717, 1.165) is 50.4 Å². The Morgan fingerprint density at radius 2 is 1.96 bits per heavy atom. The zero-order chi connectivity index (χ0) is 18.6. The van der Waals surface area contributed by atoms with Crippen molar-refractivity contribution in [2.24, 2.45) is 0 Å². The van der Waals surface area contributed by atoms with E-state index in [1.54, 1.807) is 0 Å². The molecule has 0 saturated heterocycles. The second-order valence-electron chi connectivity index (χ2n) is 7.34. The Morgan fingerprint density at radius 1 is 1.11 bits per heavy atom. The van der Waals surface area contributed by atoms with Crippen molar-refractivity contribution in [2.45, 2.75) is 39.8 Å². The van der Waals surface area contributed by atoms with Crippen LogP contribution in [-0.4, -0.2) is 38.0 Å². The van der Waals surface area contributed by atoms with E-state index in [0.29, 0.717) is 0 Å². The van der Waals surface area contributed by atoms with E-state index in [1.807, 2.05) is 6.07 Å². The maximum absolute atomic E-state index is 4.56. The Hall–Kier alpha value is -2.66. The summed E-state index contributed by atoms with van der Waals surface area (Å²) in [7, 11) is 0. The van der Waals surface area contributed by atoms with Gasteiger partial charge in [-0.15, -0.1) is 0 Å². The van der Waals surface area contributed by atoms with Gasteiger partial charge in [0.1, 0.15) is 0 Å². The maximum Gasteiger partial charge on any atom is 0.0896 e. The van der Waals surface area contributed by atoms with Crippen LogP contribution in [-0.2, 0) is 19.5 Å². The van der Waals surface area contributed by atoms with Crippen LogP contribution in [0.5, 0.6) is 0 Å². The Balaban J connectivity index is 1.37. The fourth-order valence-corrected chi connectivity index (χ4v) is 3.79. The van der Waals surface area contributed by atoms with Gasteiger partial charge in [-0.25, -0.2) is 0 Å². The number of H-pyrrole nitrogens is 1. The highest BCUT2D eigenvalue weighted by Crippen LogP contribution is 2.22. The molecule has 4 rings (SSSR count). The molecule has 0 radical (unpaired) electrons. The van der Waals surface area contributed by atoms with Crippen molar-refractivity contribution in [3.05, 3.63) is 70.3 Å². The van der Waals surface area contributed by atoms with E-state index in [9.17, 15) is 0 Å². The Kier molecular flexibility index (Phi) is 5.21. The predicted octanol–water partition coefficient (Wildman–Crippen LogP) is 3.84. The number of hydrogen-bond donors (Lipinski definition) is 1. The minimum atomic E-state index is 0.970. The molecule has 3 aromatic rings. The number of nitrogens with zero attached hydrogens (tertiary/aromatic N) is 4. The first-order valence-electron chi connectivity index (χ1n) is 9.72. The minimum Gasteiger partial charge on any atom is -0.298 e. The summed E-state index contributed by atoms with van der Waals surface area (Å²) >= 11 is 0. The Bertz CT molecular complexity index is 920. The summed E-state index contributed by atoms with van der Waals surface area (Å²) in [6, 6.07) is 12.5. The average Bonchev–Trinajstić information content (AvgIpc) is 3.23. The lowest BCUT2D eigenvalue weighted by molar-refractivity contribution is 0.244. The third-order valence-electron chi connectivity index (χ3n) is 5.23. The van der Waals surface area contributed by atoms with Crippen molar-refractivity contribution in [3.63, 3.8) is 0 Å². The molecule has 140 valence electrons. The molecule has 1 N–H and O–H groups in total. The summed E-state index contributed by atoms with van der Waals surface area (Å²) in [5.74, 6) is 0. The molecular weight excluding hydrogens is 334 g/mol. The zero-order valence-corrected chi connectivity index (χ0v) is 16.2. The number of hydrogen-bond acceptors (Lipinski definition) is 3. The zero-order valence-electron chi connectivity index (χ0n) is 16.2. The molecule has 0 saturated carbocycles. The highest BCUT2D eigenvalue weighted by Gasteiger charge is 2.20. The second kappa shape index (κ2) is 7.92. The molecule has 1 aliphatic heterocycles. The lowest BCUT2D eigenvalue weighted by atomic mass is 10.0. The predicted molar refractivity (Wildman–Crippen MR) is 109 cm³/mol.